The average Bonchev–Trinajstić information content (AvgIpc) is 2.79. The maximum absolute atomic E-state index is 12.7. The van der Waals surface area contributed by atoms with Gasteiger partial charge in [-0.15, -0.1) is 12.4 Å². The fraction of sp³-hybridized carbons (Fsp3) is 0.222. The largest absolute Gasteiger partial charge is 0.419 e. The Morgan fingerprint density at radius 1 is 0.706 bits per heavy atom. The molecule has 0 radical (unpaired) electrons. The highest BCUT2D eigenvalue weighted by Gasteiger charge is 2.19. The zero-order valence-corrected chi connectivity index (χ0v) is 20.4. The van der Waals surface area contributed by atoms with Crippen LogP contribution in [0, 0.1) is 13.8 Å². The van der Waals surface area contributed by atoms with E-state index in [1.807, 2.05) is 27.7 Å². The maximum atomic E-state index is 12.7. The lowest BCUT2D eigenvalue weighted by Gasteiger charge is -2.13. The van der Waals surface area contributed by atoms with Gasteiger partial charge in [0.25, 0.3) is 0 Å². The lowest BCUT2D eigenvalue weighted by Crippen LogP contribution is -2.29. The molecule has 6 nitrogen and oxygen atoms in total. The van der Waals surface area contributed by atoms with Gasteiger partial charge in [0.05, 0.1) is 17.7 Å². The van der Waals surface area contributed by atoms with E-state index in [1.165, 1.54) is 12.1 Å². The van der Waals surface area contributed by atoms with Crippen LogP contribution >= 0.6 is 12.4 Å². The molecule has 0 aliphatic rings. The highest BCUT2D eigenvalue weighted by atomic mass is 35.5. The molecular weight excluding hydrogens is 454 g/mol. The van der Waals surface area contributed by atoms with Crippen LogP contribution in [0.3, 0.4) is 0 Å². The number of benzene rings is 3. The van der Waals surface area contributed by atoms with Crippen LogP contribution in [-0.4, -0.2) is 30.3 Å². The van der Waals surface area contributed by atoms with E-state index in [2.05, 4.69) is 5.32 Å². The molecule has 0 heterocycles. The van der Waals surface area contributed by atoms with Gasteiger partial charge in [0.15, 0.2) is 17.3 Å². The summed E-state index contributed by atoms with van der Waals surface area (Å²) in [6.45, 7) is 7.84. The summed E-state index contributed by atoms with van der Waals surface area (Å²) in [5.41, 5.74) is 3.05. The smallest absolute Gasteiger partial charge is 0.343 e. The molecule has 0 aliphatic heterocycles. The third-order valence-electron chi connectivity index (χ3n) is 4.92. The average molecular weight is 482 g/mol. The molecule has 0 saturated carbocycles. The number of nitrogens with one attached hydrogen (secondary N) is 1. The van der Waals surface area contributed by atoms with Gasteiger partial charge in [-0.2, -0.15) is 0 Å². The number of carbonyl (C=O) groups excluding carboxylic acids is 3. The van der Waals surface area contributed by atoms with Crippen molar-refractivity contribution < 1.29 is 23.9 Å². The first-order chi connectivity index (χ1) is 15.7. The van der Waals surface area contributed by atoms with Crippen molar-refractivity contribution in [2.75, 3.05) is 6.54 Å². The van der Waals surface area contributed by atoms with Gasteiger partial charge in [-0.3, -0.25) is 4.79 Å². The van der Waals surface area contributed by atoms with E-state index >= 15 is 0 Å². The quantitative estimate of drug-likeness (QED) is 0.265. The summed E-state index contributed by atoms with van der Waals surface area (Å²) in [6.07, 6.45) is 0. The molecule has 0 atom stereocenters. The SMILES string of the molecule is Cc1ccc(C(=O)Oc2ccc(C(=O)CNC(C)C)cc2OC(=O)c2ccc(C)cc2)cc1.Cl. The predicted molar refractivity (Wildman–Crippen MR) is 133 cm³/mol. The molecule has 34 heavy (non-hydrogen) atoms. The third-order valence-corrected chi connectivity index (χ3v) is 4.92. The topological polar surface area (TPSA) is 81.7 Å². The van der Waals surface area contributed by atoms with Gasteiger partial charge in [-0.25, -0.2) is 9.59 Å². The van der Waals surface area contributed by atoms with Gasteiger partial charge >= 0.3 is 11.9 Å². The first-order valence-electron chi connectivity index (χ1n) is 10.7. The minimum Gasteiger partial charge on any atom is -0.419 e. The standard InChI is InChI=1S/C27H27NO5.ClH/c1-17(2)28-16-23(29)22-13-14-24(32-26(30)20-9-5-18(3)6-10-20)25(15-22)33-27(31)21-11-7-19(4)8-12-21;/h5-15,17,28H,16H2,1-4H3;1H. The predicted octanol–water partition coefficient (Wildman–Crippen LogP) is 5.34. The molecule has 0 aliphatic carbocycles. The molecule has 178 valence electrons. The third kappa shape index (κ3) is 7.27. The van der Waals surface area contributed by atoms with E-state index < -0.39 is 11.9 Å². The van der Waals surface area contributed by atoms with Crippen LogP contribution in [0.25, 0.3) is 0 Å². The molecule has 0 fully saturated rings. The van der Waals surface area contributed by atoms with Crippen molar-refractivity contribution in [1.29, 1.82) is 0 Å². The lowest BCUT2D eigenvalue weighted by molar-refractivity contribution is 0.0682. The zero-order chi connectivity index (χ0) is 24.0. The van der Waals surface area contributed by atoms with Gasteiger partial charge in [-0.1, -0.05) is 49.2 Å². The number of hydrogen-bond donors (Lipinski definition) is 1. The Hall–Kier alpha value is -3.48. The van der Waals surface area contributed by atoms with Crippen LogP contribution < -0.4 is 14.8 Å². The summed E-state index contributed by atoms with van der Waals surface area (Å²) >= 11 is 0. The van der Waals surface area contributed by atoms with Gasteiger partial charge in [0.2, 0.25) is 0 Å². The van der Waals surface area contributed by atoms with Crippen molar-refractivity contribution in [2.24, 2.45) is 0 Å². The molecular formula is C27H28ClNO5. The number of Topliss-reactive ketones (excluding diaryl/α,β-unsaturated/α-hetero) is 1. The molecule has 3 rings (SSSR count). The zero-order valence-electron chi connectivity index (χ0n) is 19.6. The van der Waals surface area contributed by atoms with Gasteiger partial charge in [-0.05, 0) is 56.3 Å². The number of hydrogen-bond acceptors (Lipinski definition) is 6. The number of rotatable bonds is 8. The van der Waals surface area contributed by atoms with Crippen molar-refractivity contribution >= 4 is 30.1 Å². The van der Waals surface area contributed by atoms with Crippen LogP contribution in [0.1, 0.15) is 56.0 Å². The van der Waals surface area contributed by atoms with Gasteiger partial charge in [0.1, 0.15) is 0 Å². The highest BCUT2D eigenvalue weighted by Crippen LogP contribution is 2.30. The molecule has 7 heteroatoms. The van der Waals surface area contributed by atoms with Gasteiger partial charge in [0, 0.05) is 11.6 Å². The normalized spacial score (nSPS) is 10.4. The van der Waals surface area contributed by atoms with Crippen molar-refractivity contribution in [1.82, 2.24) is 5.32 Å². The summed E-state index contributed by atoms with van der Waals surface area (Å²) in [4.78, 5) is 37.9. The molecule has 0 bridgehead atoms. The summed E-state index contributed by atoms with van der Waals surface area (Å²) < 4.78 is 11.1. The molecule has 0 amide bonds. The molecule has 0 unspecified atom stereocenters. The lowest BCUT2D eigenvalue weighted by atomic mass is 10.1. The monoisotopic (exact) mass is 481 g/mol. The van der Waals surface area contributed by atoms with Crippen molar-refractivity contribution in [3.63, 3.8) is 0 Å². The van der Waals surface area contributed by atoms with E-state index in [-0.39, 0.29) is 42.3 Å². The number of halogens is 1. The Morgan fingerprint density at radius 3 is 1.62 bits per heavy atom. The summed E-state index contributed by atoms with van der Waals surface area (Å²) in [5, 5.41) is 3.07. The van der Waals surface area contributed by atoms with E-state index in [1.54, 1.807) is 54.6 Å². The number of esters is 2. The Bertz CT molecular complexity index is 1150. The molecule has 0 aromatic heterocycles. The van der Waals surface area contributed by atoms with E-state index in [9.17, 15) is 14.4 Å². The minimum absolute atomic E-state index is 0. The van der Waals surface area contributed by atoms with Crippen LogP contribution in [0.4, 0.5) is 0 Å². The van der Waals surface area contributed by atoms with Crippen molar-refractivity contribution in [3.8, 4) is 11.5 Å². The molecule has 3 aromatic rings. The molecule has 0 spiro atoms. The summed E-state index contributed by atoms with van der Waals surface area (Å²) in [5.74, 6) is -1.34. The van der Waals surface area contributed by atoms with Crippen molar-refractivity contribution in [2.45, 2.75) is 33.7 Å². The molecule has 1 N–H and O–H groups in total. The fourth-order valence-corrected chi connectivity index (χ4v) is 2.94. The van der Waals surface area contributed by atoms with E-state index in [0.29, 0.717) is 16.7 Å². The molecule has 3 aromatic carbocycles. The Morgan fingerprint density at radius 2 is 1.15 bits per heavy atom. The van der Waals surface area contributed by atoms with E-state index in [4.69, 9.17) is 9.47 Å². The number of ether oxygens (including phenoxy) is 2. The minimum atomic E-state index is -0.618. The maximum Gasteiger partial charge on any atom is 0.343 e. The second kappa shape index (κ2) is 12.1. The van der Waals surface area contributed by atoms with Crippen LogP contribution in [0.2, 0.25) is 0 Å². The molecule has 0 saturated heterocycles. The van der Waals surface area contributed by atoms with Crippen LogP contribution in [-0.2, 0) is 0 Å². The summed E-state index contributed by atoms with van der Waals surface area (Å²) in [7, 11) is 0. The second-order valence-electron chi connectivity index (χ2n) is 8.13. The second-order valence-corrected chi connectivity index (χ2v) is 8.13. The Balaban J connectivity index is 0.00000408. The number of ketones is 1. The summed E-state index contributed by atoms with van der Waals surface area (Å²) in [6, 6.07) is 18.4. The first kappa shape index (κ1) is 26.8. The Kier molecular flexibility index (Phi) is 9.54. The van der Waals surface area contributed by atoms with Crippen LogP contribution in [0.5, 0.6) is 11.5 Å². The highest BCUT2D eigenvalue weighted by molar-refractivity contribution is 5.99. The van der Waals surface area contributed by atoms with Gasteiger partial charge < -0.3 is 14.8 Å². The fourth-order valence-electron chi connectivity index (χ4n) is 2.94. The Labute approximate surface area is 205 Å². The number of aryl methyl sites for hydroxylation is 2. The van der Waals surface area contributed by atoms with E-state index in [0.717, 1.165) is 11.1 Å². The van der Waals surface area contributed by atoms with Crippen molar-refractivity contribution in [3.05, 3.63) is 94.5 Å². The first-order valence-corrected chi connectivity index (χ1v) is 10.7. The van der Waals surface area contributed by atoms with Crippen LogP contribution in [0.15, 0.2) is 66.7 Å². The number of carbonyl (C=O) groups is 3.